The molecule has 0 unspecified atom stereocenters. The number of nitrogens with zero attached hydrogens (tertiary/aromatic N) is 3. The maximum Gasteiger partial charge on any atom is 0.358 e. The lowest BCUT2D eigenvalue weighted by molar-refractivity contribution is 0.0590. The van der Waals surface area contributed by atoms with Gasteiger partial charge in [0.25, 0.3) is 10.0 Å². The van der Waals surface area contributed by atoms with Gasteiger partial charge in [-0.2, -0.15) is 4.98 Å². The standard InChI is InChI=1S/C9H10N4O5S2/c1-17-8(14)7-9(19-5-11-7)20(15,16)12-3-2-6-10-4-18-13-6/h4-5,12H,2-3H2,1H3. The van der Waals surface area contributed by atoms with Crippen LogP contribution in [0.5, 0.6) is 0 Å². The first-order chi connectivity index (χ1) is 9.54. The minimum Gasteiger partial charge on any atom is -0.464 e. The molecule has 0 aliphatic rings. The lowest BCUT2D eigenvalue weighted by Crippen LogP contribution is -2.27. The van der Waals surface area contributed by atoms with Gasteiger partial charge in [0.1, 0.15) is 0 Å². The first-order valence-electron chi connectivity index (χ1n) is 5.31. The summed E-state index contributed by atoms with van der Waals surface area (Å²) in [4.78, 5) is 18.9. The van der Waals surface area contributed by atoms with Crippen LogP contribution in [-0.2, 0) is 21.2 Å². The fourth-order valence-corrected chi connectivity index (χ4v) is 3.53. The van der Waals surface area contributed by atoms with Gasteiger partial charge in [0.15, 0.2) is 15.7 Å². The van der Waals surface area contributed by atoms with Crippen LogP contribution in [0.3, 0.4) is 0 Å². The van der Waals surface area contributed by atoms with Crippen molar-refractivity contribution < 1.29 is 22.5 Å². The van der Waals surface area contributed by atoms with Crippen LogP contribution >= 0.6 is 11.3 Å². The maximum atomic E-state index is 12.1. The molecule has 20 heavy (non-hydrogen) atoms. The SMILES string of the molecule is COC(=O)c1ncsc1S(=O)(=O)NCCc1ncon1. The number of nitrogens with one attached hydrogen (secondary N) is 1. The molecule has 2 aromatic heterocycles. The summed E-state index contributed by atoms with van der Waals surface area (Å²) in [6.07, 6.45) is 1.42. The fourth-order valence-electron chi connectivity index (χ4n) is 1.32. The van der Waals surface area contributed by atoms with E-state index in [0.29, 0.717) is 5.82 Å². The van der Waals surface area contributed by atoms with Crippen LogP contribution in [0.25, 0.3) is 0 Å². The third-order valence-corrected chi connectivity index (χ3v) is 5.04. The second kappa shape index (κ2) is 6.07. The van der Waals surface area contributed by atoms with Gasteiger partial charge in [-0.3, -0.25) is 0 Å². The number of hydrogen-bond acceptors (Lipinski definition) is 9. The molecular weight excluding hydrogens is 308 g/mol. The lowest BCUT2D eigenvalue weighted by Gasteiger charge is -2.04. The first kappa shape index (κ1) is 14.6. The van der Waals surface area contributed by atoms with Gasteiger partial charge < -0.3 is 9.26 Å². The molecule has 2 aromatic rings. The molecule has 0 radical (unpaired) electrons. The zero-order valence-corrected chi connectivity index (χ0v) is 11.9. The third kappa shape index (κ3) is 3.18. The largest absolute Gasteiger partial charge is 0.464 e. The summed E-state index contributed by atoms with van der Waals surface area (Å²) in [7, 11) is -2.68. The van der Waals surface area contributed by atoms with Gasteiger partial charge in [-0.25, -0.2) is 22.9 Å². The molecule has 0 atom stereocenters. The average molecular weight is 318 g/mol. The molecular formula is C9H10N4O5S2. The molecule has 0 saturated carbocycles. The Morgan fingerprint density at radius 1 is 1.50 bits per heavy atom. The van der Waals surface area contributed by atoms with E-state index in [1.807, 2.05) is 0 Å². The minimum atomic E-state index is -3.84. The van der Waals surface area contributed by atoms with Gasteiger partial charge in [-0.1, -0.05) is 5.16 Å². The number of methoxy groups -OCH3 is 1. The Bertz CT molecular complexity index is 679. The van der Waals surface area contributed by atoms with E-state index in [-0.39, 0.29) is 22.9 Å². The highest BCUT2D eigenvalue weighted by atomic mass is 32.2. The topological polar surface area (TPSA) is 124 Å². The van der Waals surface area contributed by atoms with Gasteiger partial charge >= 0.3 is 5.97 Å². The summed E-state index contributed by atoms with van der Waals surface area (Å²) in [6, 6.07) is 0. The highest BCUT2D eigenvalue weighted by Crippen LogP contribution is 2.20. The van der Waals surface area contributed by atoms with Crippen LogP contribution in [0, 0.1) is 0 Å². The van der Waals surface area contributed by atoms with E-state index in [2.05, 4.69) is 29.1 Å². The number of carbonyl (C=O) groups is 1. The Morgan fingerprint density at radius 2 is 2.30 bits per heavy atom. The Hall–Kier alpha value is -1.85. The average Bonchev–Trinajstić information content (AvgIpc) is 3.08. The van der Waals surface area contributed by atoms with Crippen molar-refractivity contribution in [1.82, 2.24) is 19.8 Å². The number of carbonyl (C=O) groups excluding carboxylic acids is 1. The Kier molecular flexibility index (Phi) is 4.42. The third-order valence-electron chi connectivity index (χ3n) is 2.21. The van der Waals surface area contributed by atoms with Gasteiger partial charge in [0.2, 0.25) is 6.39 Å². The molecule has 9 nitrogen and oxygen atoms in total. The molecule has 0 saturated heterocycles. The summed E-state index contributed by atoms with van der Waals surface area (Å²) in [5, 5.41) is 3.55. The van der Waals surface area contributed by atoms with E-state index >= 15 is 0 Å². The Morgan fingerprint density at radius 3 is 2.95 bits per heavy atom. The predicted molar refractivity (Wildman–Crippen MR) is 66.6 cm³/mol. The monoisotopic (exact) mass is 318 g/mol. The quantitative estimate of drug-likeness (QED) is 0.728. The van der Waals surface area contributed by atoms with Crippen LogP contribution in [0.1, 0.15) is 16.3 Å². The van der Waals surface area contributed by atoms with Crippen molar-refractivity contribution in [3.05, 3.63) is 23.4 Å². The van der Waals surface area contributed by atoms with Gasteiger partial charge in [-0.05, 0) is 0 Å². The molecule has 0 amide bonds. The van der Waals surface area contributed by atoms with E-state index < -0.39 is 16.0 Å². The number of ether oxygens (including phenoxy) is 1. The molecule has 108 valence electrons. The van der Waals surface area contributed by atoms with Crippen LogP contribution in [-0.4, -0.2) is 43.2 Å². The van der Waals surface area contributed by atoms with Crippen molar-refractivity contribution in [3.8, 4) is 0 Å². The van der Waals surface area contributed by atoms with Crippen LogP contribution in [0.15, 0.2) is 20.6 Å². The van der Waals surface area contributed by atoms with E-state index in [0.717, 1.165) is 24.8 Å². The van der Waals surface area contributed by atoms with Crippen LogP contribution in [0.4, 0.5) is 0 Å². The molecule has 0 aliphatic heterocycles. The number of rotatable bonds is 6. The zero-order valence-electron chi connectivity index (χ0n) is 10.3. The number of aromatic nitrogens is 3. The summed E-state index contributed by atoms with van der Waals surface area (Å²) >= 11 is 0.836. The molecule has 2 heterocycles. The minimum absolute atomic E-state index is 0.0698. The summed E-state index contributed by atoms with van der Waals surface area (Å²) in [5.74, 6) is -0.421. The van der Waals surface area contributed by atoms with Crippen LogP contribution < -0.4 is 4.72 Å². The van der Waals surface area contributed by atoms with Crippen molar-refractivity contribution in [3.63, 3.8) is 0 Å². The highest BCUT2D eigenvalue weighted by molar-refractivity contribution is 7.91. The van der Waals surface area contributed by atoms with E-state index in [9.17, 15) is 13.2 Å². The Balaban J connectivity index is 2.07. The van der Waals surface area contributed by atoms with E-state index in [4.69, 9.17) is 0 Å². The fraction of sp³-hybridized carbons (Fsp3) is 0.333. The van der Waals surface area contributed by atoms with E-state index in [1.165, 1.54) is 5.51 Å². The zero-order chi connectivity index (χ0) is 14.6. The second-order valence-corrected chi connectivity index (χ2v) is 6.29. The molecule has 0 aromatic carbocycles. The molecule has 0 aliphatic carbocycles. The molecule has 0 bridgehead atoms. The predicted octanol–water partition coefficient (Wildman–Crippen LogP) is -0.166. The van der Waals surface area contributed by atoms with Gasteiger partial charge in [0.05, 0.1) is 12.6 Å². The van der Waals surface area contributed by atoms with Crippen molar-refractivity contribution in [2.75, 3.05) is 13.7 Å². The second-order valence-electron chi connectivity index (χ2n) is 3.48. The van der Waals surface area contributed by atoms with Crippen molar-refractivity contribution >= 4 is 27.3 Å². The number of hydrogen-bond donors (Lipinski definition) is 1. The van der Waals surface area contributed by atoms with Gasteiger partial charge in [0, 0.05) is 13.0 Å². The molecule has 2 rings (SSSR count). The summed E-state index contributed by atoms with van der Waals surface area (Å²) in [5.41, 5.74) is 1.03. The maximum absolute atomic E-state index is 12.1. The van der Waals surface area contributed by atoms with Crippen molar-refractivity contribution in [2.45, 2.75) is 10.6 Å². The molecule has 0 fully saturated rings. The first-order valence-corrected chi connectivity index (χ1v) is 7.67. The molecule has 1 N–H and O–H groups in total. The summed E-state index contributed by atoms with van der Waals surface area (Å²) in [6.45, 7) is 0.0698. The number of sulfonamides is 1. The number of thiazole rings is 1. The normalized spacial score (nSPS) is 11.4. The van der Waals surface area contributed by atoms with Crippen LogP contribution in [0.2, 0.25) is 0 Å². The van der Waals surface area contributed by atoms with Gasteiger partial charge in [-0.15, -0.1) is 11.3 Å². The van der Waals surface area contributed by atoms with E-state index in [1.54, 1.807) is 0 Å². The lowest BCUT2D eigenvalue weighted by atomic mass is 10.4. The van der Waals surface area contributed by atoms with Crippen molar-refractivity contribution in [1.29, 1.82) is 0 Å². The molecule has 11 heteroatoms. The van der Waals surface area contributed by atoms with Crippen molar-refractivity contribution in [2.24, 2.45) is 0 Å². The highest BCUT2D eigenvalue weighted by Gasteiger charge is 2.26. The number of esters is 1. The molecule has 0 spiro atoms. The summed E-state index contributed by atoms with van der Waals surface area (Å²) < 4.78 is 35.3. The Labute approximate surface area is 118 Å². The smallest absolute Gasteiger partial charge is 0.358 e.